The van der Waals surface area contributed by atoms with Gasteiger partial charge < -0.3 is 9.46 Å². The van der Waals surface area contributed by atoms with E-state index in [0.717, 1.165) is 11.1 Å². The molecule has 0 radical (unpaired) electrons. The van der Waals surface area contributed by atoms with Gasteiger partial charge in [0.15, 0.2) is 7.37 Å². The predicted octanol–water partition coefficient (Wildman–Crippen LogP) is 1.56. The smallest absolute Gasteiger partial charge is 0.788 e. The molecule has 26 heavy (non-hydrogen) atoms. The molecule has 6 heteroatoms. The second kappa shape index (κ2) is 9.25. The largest absolute Gasteiger partial charge is 1.00 e. The Morgan fingerprint density at radius 3 is 1.23 bits per heavy atom. The topological polar surface area (TPSA) is 74.3 Å². The molecule has 132 valence electrons. The van der Waals surface area contributed by atoms with Crippen LogP contribution in [0.1, 0.15) is 71.4 Å². The molecule has 4 nitrogen and oxygen atoms in total. The average molecular weight is 380 g/mol. The molecule has 0 fully saturated rings. The van der Waals surface area contributed by atoms with E-state index in [9.17, 15) is 19.0 Å². The Morgan fingerprint density at radius 1 is 0.731 bits per heavy atom. The van der Waals surface area contributed by atoms with Crippen LogP contribution in [-0.4, -0.2) is 11.0 Å². The van der Waals surface area contributed by atoms with Crippen LogP contribution in [0.5, 0.6) is 0 Å². The Kier molecular flexibility index (Phi) is 8.19. The second-order valence-electron chi connectivity index (χ2n) is 6.72. The zero-order chi connectivity index (χ0) is 18.8. The first-order valence-corrected chi connectivity index (χ1v) is 9.87. The fraction of sp³-hybridized carbons (Fsp3) is 0.300. The molecular weight excluding hydrogens is 358 g/mol. The zero-order valence-corrected chi connectivity index (χ0v) is 18.7. The van der Waals surface area contributed by atoms with Crippen LogP contribution in [0.4, 0.5) is 0 Å². The summed E-state index contributed by atoms with van der Waals surface area (Å²) in [4.78, 5) is 37.1. The minimum Gasteiger partial charge on any atom is -0.788 e. The van der Waals surface area contributed by atoms with Gasteiger partial charge in [0.25, 0.3) is 0 Å². The normalized spacial score (nSPS) is 11.3. The molecule has 0 bridgehead atoms. The van der Waals surface area contributed by atoms with E-state index in [0.29, 0.717) is 0 Å². The first-order chi connectivity index (χ1) is 11.6. The number of carbonyl (C=O) groups is 2. The number of hydrogen-bond acceptors (Lipinski definition) is 4. The van der Waals surface area contributed by atoms with E-state index in [1.54, 1.807) is 24.3 Å². The first kappa shape index (κ1) is 23.0. The molecule has 0 aromatic heterocycles. The van der Waals surface area contributed by atoms with Gasteiger partial charge in [-0.25, -0.2) is 0 Å². The van der Waals surface area contributed by atoms with Gasteiger partial charge in [0.2, 0.25) is 11.0 Å². The number of hydrogen-bond donors (Lipinski definition) is 0. The van der Waals surface area contributed by atoms with Crippen molar-refractivity contribution in [3.63, 3.8) is 0 Å². The minimum absolute atomic E-state index is 0. The van der Waals surface area contributed by atoms with Gasteiger partial charge in [0.05, 0.1) is 0 Å². The van der Waals surface area contributed by atoms with E-state index in [1.165, 1.54) is 24.3 Å². The van der Waals surface area contributed by atoms with Crippen LogP contribution >= 0.6 is 7.37 Å². The van der Waals surface area contributed by atoms with Crippen LogP contribution in [0.3, 0.4) is 0 Å². The van der Waals surface area contributed by atoms with Crippen LogP contribution < -0.4 is 34.5 Å². The van der Waals surface area contributed by atoms with Gasteiger partial charge in [-0.3, -0.25) is 9.59 Å². The molecule has 0 aliphatic carbocycles. The van der Waals surface area contributed by atoms with Crippen molar-refractivity contribution >= 4 is 18.4 Å². The third-order valence-electron chi connectivity index (χ3n) is 4.18. The molecule has 0 N–H and O–H groups in total. The van der Waals surface area contributed by atoms with Crippen molar-refractivity contribution in [2.24, 2.45) is 0 Å². The summed E-state index contributed by atoms with van der Waals surface area (Å²) in [7, 11) is -4.92. The van der Waals surface area contributed by atoms with Crippen LogP contribution in [0.15, 0.2) is 48.5 Å². The fourth-order valence-corrected chi connectivity index (χ4v) is 3.62. The summed E-state index contributed by atoms with van der Waals surface area (Å²) in [6, 6.07) is 12.7. The molecule has 0 spiro atoms. The zero-order valence-electron chi connectivity index (χ0n) is 15.9. The molecule has 0 saturated carbocycles. The van der Waals surface area contributed by atoms with Crippen molar-refractivity contribution < 1.29 is 48.6 Å². The van der Waals surface area contributed by atoms with Crippen LogP contribution in [0, 0.1) is 0 Å². The Hall–Kier alpha value is -1.03. The van der Waals surface area contributed by atoms with Crippen LogP contribution in [-0.2, 0) is 4.57 Å². The SMILES string of the molecule is CC(C)c1ccc(C(=O)P(=O)([O-])C(=O)c2ccc(C(C)C)cc2)cc1.[Na+]. The molecule has 2 aromatic carbocycles. The quantitative estimate of drug-likeness (QED) is 0.563. The van der Waals surface area contributed by atoms with Gasteiger partial charge in [-0.15, -0.1) is 0 Å². The van der Waals surface area contributed by atoms with E-state index in [4.69, 9.17) is 0 Å². The van der Waals surface area contributed by atoms with Gasteiger partial charge in [0, 0.05) is 11.1 Å². The maximum absolute atomic E-state index is 12.4. The Morgan fingerprint density at radius 2 is 1.00 bits per heavy atom. The van der Waals surface area contributed by atoms with Gasteiger partial charge in [-0.05, 0) is 23.0 Å². The van der Waals surface area contributed by atoms with Crippen molar-refractivity contribution in [2.45, 2.75) is 39.5 Å². The van der Waals surface area contributed by atoms with Gasteiger partial charge in [-0.1, -0.05) is 76.2 Å². The van der Waals surface area contributed by atoms with Crippen molar-refractivity contribution in [1.29, 1.82) is 0 Å². The molecule has 0 aliphatic rings. The Balaban J connectivity index is 0.00000338. The molecule has 0 saturated heterocycles. The first-order valence-electron chi connectivity index (χ1n) is 8.25. The molecule has 0 heterocycles. The second-order valence-corrected chi connectivity index (χ2v) is 8.63. The molecule has 2 rings (SSSR count). The molecule has 0 unspecified atom stereocenters. The molecule has 0 amide bonds. The van der Waals surface area contributed by atoms with Crippen LogP contribution in [0.2, 0.25) is 0 Å². The number of benzene rings is 2. The monoisotopic (exact) mass is 380 g/mol. The predicted molar refractivity (Wildman–Crippen MR) is 97.3 cm³/mol. The summed E-state index contributed by atoms with van der Waals surface area (Å²) in [6.07, 6.45) is 0. The molecule has 0 aliphatic heterocycles. The third kappa shape index (κ3) is 5.03. The maximum atomic E-state index is 12.4. The molecule has 0 atom stereocenters. The van der Waals surface area contributed by atoms with E-state index in [1.807, 2.05) is 27.7 Å². The number of carbonyl (C=O) groups excluding carboxylic acids is 2. The van der Waals surface area contributed by atoms with Crippen molar-refractivity contribution in [3.05, 3.63) is 70.8 Å². The average Bonchev–Trinajstić information content (AvgIpc) is 2.60. The third-order valence-corrected chi connectivity index (χ3v) is 5.77. The van der Waals surface area contributed by atoms with E-state index >= 15 is 0 Å². The van der Waals surface area contributed by atoms with Gasteiger partial charge in [-0.2, -0.15) is 0 Å². The van der Waals surface area contributed by atoms with Crippen molar-refractivity contribution in [3.8, 4) is 0 Å². The summed E-state index contributed by atoms with van der Waals surface area (Å²) in [6.45, 7) is 8.00. The van der Waals surface area contributed by atoms with Gasteiger partial charge >= 0.3 is 29.6 Å². The van der Waals surface area contributed by atoms with E-state index in [-0.39, 0.29) is 52.5 Å². The summed E-state index contributed by atoms with van der Waals surface area (Å²) in [5.41, 5.74) is -0.271. The number of rotatable bonds is 6. The minimum atomic E-state index is -4.92. The molecular formula is C20H22NaO4P. The summed E-state index contributed by atoms with van der Waals surface area (Å²) in [5, 5.41) is 0. The fourth-order valence-electron chi connectivity index (χ4n) is 2.45. The molecule has 2 aromatic rings. The van der Waals surface area contributed by atoms with E-state index in [2.05, 4.69) is 0 Å². The van der Waals surface area contributed by atoms with Crippen molar-refractivity contribution in [1.82, 2.24) is 0 Å². The summed E-state index contributed by atoms with van der Waals surface area (Å²) >= 11 is 0. The Bertz CT molecular complexity index is 756. The van der Waals surface area contributed by atoms with E-state index < -0.39 is 18.4 Å². The maximum Gasteiger partial charge on any atom is 1.00 e. The summed E-state index contributed by atoms with van der Waals surface area (Å²) in [5.74, 6) is 0.536. The van der Waals surface area contributed by atoms with Gasteiger partial charge in [0.1, 0.15) is 0 Å². The summed E-state index contributed by atoms with van der Waals surface area (Å²) < 4.78 is 12.4. The van der Waals surface area contributed by atoms with Crippen molar-refractivity contribution in [2.75, 3.05) is 0 Å². The standard InChI is InChI=1S/C20H23O4P.Na/c1-13(2)15-5-9-17(10-6-15)19(21)25(23,24)20(22)18-11-7-16(8-12-18)14(3)4;/h5-14H,1-4H3,(H,23,24);/q;+1/p-1. The Labute approximate surface area is 176 Å². The van der Waals surface area contributed by atoms with Crippen LogP contribution in [0.25, 0.3) is 0 Å².